The summed E-state index contributed by atoms with van der Waals surface area (Å²) in [5.74, 6) is 0.916. The van der Waals surface area contributed by atoms with E-state index in [4.69, 9.17) is 0 Å². The first-order valence-electron chi connectivity index (χ1n) is 11.1. The van der Waals surface area contributed by atoms with Crippen LogP contribution >= 0.6 is 11.3 Å². The van der Waals surface area contributed by atoms with Crippen molar-refractivity contribution in [3.8, 4) is 0 Å². The van der Waals surface area contributed by atoms with Crippen LogP contribution in [0.1, 0.15) is 53.5 Å². The van der Waals surface area contributed by atoms with E-state index in [1.165, 1.54) is 42.8 Å². The zero-order valence-corrected chi connectivity index (χ0v) is 18.9. The fourth-order valence-corrected chi connectivity index (χ4v) is 5.20. The number of carbonyl (C=O) groups excluding carboxylic acids is 1. The summed E-state index contributed by atoms with van der Waals surface area (Å²) in [6, 6.07) is 12.3. The molecule has 1 aliphatic rings. The summed E-state index contributed by atoms with van der Waals surface area (Å²) in [7, 11) is 0. The number of aromatic nitrogens is 2. The third kappa shape index (κ3) is 5.10. The highest BCUT2D eigenvalue weighted by Crippen LogP contribution is 2.29. The molecule has 0 bridgehead atoms. The van der Waals surface area contributed by atoms with Crippen molar-refractivity contribution in [2.75, 3.05) is 26.2 Å². The first kappa shape index (κ1) is 21.1. The number of carbonyl (C=O) groups is 1. The van der Waals surface area contributed by atoms with Gasteiger partial charge in [0.25, 0.3) is 5.91 Å². The summed E-state index contributed by atoms with van der Waals surface area (Å²) in [5.41, 5.74) is 2.19. The van der Waals surface area contributed by atoms with E-state index < -0.39 is 0 Å². The standard InChI is InChI=1S/C24H32N4OS/c1-18-10-14-27(15-11-18)13-7-6-12-25-23(29)22-16-21-19(2)26-28(24(21)30-22)17-20-8-4-3-5-9-20/h3-5,8-9,16,18H,6-7,10-15,17H2,1-2H3,(H,25,29). The molecule has 1 amide bonds. The number of nitrogens with zero attached hydrogens (tertiary/aromatic N) is 3. The van der Waals surface area contributed by atoms with Crippen LogP contribution in [0.2, 0.25) is 0 Å². The number of aryl methyl sites for hydroxylation is 1. The van der Waals surface area contributed by atoms with Crippen LogP contribution in [0.3, 0.4) is 0 Å². The molecule has 30 heavy (non-hydrogen) atoms. The van der Waals surface area contributed by atoms with Crippen molar-refractivity contribution in [1.29, 1.82) is 0 Å². The molecule has 160 valence electrons. The predicted octanol–water partition coefficient (Wildman–Crippen LogP) is 4.70. The van der Waals surface area contributed by atoms with Gasteiger partial charge in [0.1, 0.15) is 4.83 Å². The average Bonchev–Trinajstić information content (AvgIpc) is 3.31. The normalized spacial score (nSPS) is 15.7. The van der Waals surface area contributed by atoms with Crippen LogP contribution in [0.25, 0.3) is 10.2 Å². The molecule has 0 atom stereocenters. The van der Waals surface area contributed by atoms with Gasteiger partial charge < -0.3 is 10.2 Å². The van der Waals surface area contributed by atoms with Gasteiger partial charge in [-0.05, 0) is 69.8 Å². The fourth-order valence-electron chi connectivity index (χ4n) is 4.12. The number of nitrogens with one attached hydrogen (secondary N) is 1. The second-order valence-electron chi connectivity index (χ2n) is 8.55. The quantitative estimate of drug-likeness (QED) is 0.534. The molecule has 0 spiro atoms. The molecule has 1 aromatic carbocycles. The zero-order valence-electron chi connectivity index (χ0n) is 18.1. The molecule has 0 saturated carbocycles. The summed E-state index contributed by atoms with van der Waals surface area (Å²) in [6.45, 7) is 9.44. The van der Waals surface area contributed by atoms with E-state index in [0.717, 1.165) is 59.2 Å². The highest BCUT2D eigenvalue weighted by Gasteiger charge is 2.17. The first-order chi connectivity index (χ1) is 14.6. The molecule has 5 nitrogen and oxygen atoms in total. The summed E-state index contributed by atoms with van der Waals surface area (Å²) >= 11 is 1.54. The number of hydrogen-bond acceptors (Lipinski definition) is 4. The number of fused-ring (bicyclic) bond motifs is 1. The van der Waals surface area contributed by atoms with Gasteiger partial charge in [0, 0.05) is 11.9 Å². The summed E-state index contributed by atoms with van der Waals surface area (Å²) in [4.78, 5) is 17.1. The molecule has 0 aliphatic carbocycles. The Kier molecular flexibility index (Phi) is 6.85. The third-order valence-corrected chi connectivity index (χ3v) is 7.22. The molecule has 1 N–H and O–H groups in total. The van der Waals surface area contributed by atoms with Crippen molar-refractivity contribution in [3.63, 3.8) is 0 Å². The second kappa shape index (κ2) is 9.75. The molecule has 2 aromatic heterocycles. The maximum Gasteiger partial charge on any atom is 0.261 e. The highest BCUT2D eigenvalue weighted by atomic mass is 32.1. The van der Waals surface area contributed by atoms with Gasteiger partial charge in [0.2, 0.25) is 0 Å². The van der Waals surface area contributed by atoms with Gasteiger partial charge in [0.15, 0.2) is 0 Å². The van der Waals surface area contributed by atoms with E-state index in [9.17, 15) is 4.79 Å². The smallest absolute Gasteiger partial charge is 0.261 e. The van der Waals surface area contributed by atoms with Crippen molar-refractivity contribution in [1.82, 2.24) is 20.0 Å². The number of hydrogen-bond donors (Lipinski definition) is 1. The topological polar surface area (TPSA) is 50.2 Å². The van der Waals surface area contributed by atoms with Crippen LogP contribution in [0.15, 0.2) is 36.4 Å². The Morgan fingerprint density at radius 3 is 2.73 bits per heavy atom. The maximum atomic E-state index is 12.7. The van der Waals surface area contributed by atoms with E-state index in [2.05, 4.69) is 34.4 Å². The van der Waals surface area contributed by atoms with Crippen LogP contribution in [-0.2, 0) is 6.54 Å². The minimum atomic E-state index is 0.0358. The molecular weight excluding hydrogens is 392 g/mol. The maximum absolute atomic E-state index is 12.7. The molecule has 3 aromatic rings. The van der Waals surface area contributed by atoms with Gasteiger partial charge >= 0.3 is 0 Å². The minimum Gasteiger partial charge on any atom is -0.351 e. The summed E-state index contributed by atoms with van der Waals surface area (Å²) in [6.07, 6.45) is 4.82. The number of thiophene rings is 1. The van der Waals surface area contributed by atoms with E-state index in [1.807, 2.05) is 35.9 Å². The van der Waals surface area contributed by atoms with Crippen molar-refractivity contribution >= 4 is 27.5 Å². The number of piperidine rings is 1. The Hall–Kier alpha value is -2.18. The van der Waals surface area contributed by atoms with Gasteiger partial charge in [-0.3, -0.25) is 9.48 Å². The van der Waals surface area contributed by atoms with Crippen LogP contribution < -0.4 is 5.32 Å². The number of amides is 1. The van der Waals surface area contributed by atoms with Crippen LogP contribution in [0, 0.1) is 12.8 Å². The monoisotopic (exact) mass is 424 g/mol. The molecule has 3 heterocycles. The summed E-state index contributed by atoms with van der Waals surface area (Å²) < 4.78 is 2.01. The van der Waals surface area contributed by atoms with Gasteiger partial charge in [-0.25, -0.2) is 0 Å². The first-order valence-corrected chi connectivity index (χ1v) is 11.9. The minimum absolute atomic E-state index is 0.0358. The van der Waals surface area contributed by atoms with Gasteiger partial charge in [0.05, 0.1) is 17.1 Å². The van der Waals surface area contributed by atoms with Crippen LogP contribution in [0.4, 0.5) is 0 Å². The van der Waals surface area contributed by atoms with Gasteiger partial charge in [-0.1, -0.05) is 37.3 Å². The molecule has 1 fully saturated rings. The van der Waals surface area contributed by atoms with Crippen LogP contribution in [-0.4, -0.2) is 46.8 Å². The number of rotatable bonds is 8. The number of unbranched alkanes of at least 4 members (excludes halogenated alkanes) is 1. The largest absolute Gasteiger partial charge is 0.351 e. The van der Waals surface area contributed by atoms with Crippen LogP contribution in [0.5, 0.6) is 0 Å². The van der Waals surface area contributed by atoms with Crippen molar-refractivity contribution < 1.29 is 4.79 Å². The van der Waals surface area contributed by atoms with E-state index in [0.29, 0.717) is 0 Å². The van der Waals surface area contributed by atoms with E-state index in [-0.39, 0.29) is 5.91 Å². The molecule has 1 aliphatic heterocycles. The lowest BCUT2D eigenvalue weighted by atomic mass is 9.99. The molecule has 1 saturated heterocycles. The Morgan fingerprint density at radius 2 is 1.97 bits per heavy atom. The number of likely N-dealkylation sites (tertiary alicyclic amines) is 1. The molecule has 4 rings (SSSR count). The highest BCUT2D eigenvalue weighted by molar-refractivity contribution is 7.20. The Balaban J connectivity index is 1.29. The second-order valence-corrected chi connectivity index (χ2v) is 9.58. The third-order valence-electron chi connectivity index (χ3n) is 6.07. The number of benzene rings is 1. The van der Waals surface area contributed by atoms with E-state index >= 15 is 0 Å². The molecule has 0 radical (unpaired) electrons. The molecule has 0 unspecified atom stereocenters. The van der Waals surface area contributed by atoms with Gasteiger partial charge in [-0.2, -0.15) is 5.10 Å². The Morgan fingerprint density at radius 1 is 1.20 bits per heavy atom. The van der Waals surface area contributed by atoms with Crippen molar-refractivity contribution in [2.45, 2.75) is 46.1 Å². The lowest BCUT2D eigenvalue weighted by Gasteiger charge is -2.30. The van der Waals surface area contributed by atoms with Gasteiger partial charge in [-0.15, -0.1) is 11.3 Å². The lowest BCUT2D eigenvalue weighted by Crippen LogP contribution is -2.34. The van der Waals surface area contributed by atoms with E-state index in [1.54, 1.807) is 0 Å². The average molecular weight is 425 g/mol. The predicted molar refractivity (Wildman–Crippen MR) is 124 cm³/mol. The Labute approximate surface area is 183 Å². The lowest BCUT2D eigenvalue weighted by molar-refractivity contribution is 0.0956. The van der Waals surface area contributed by atoms with Crippen molar-refractivity contribution in [3.05, 3.63) is 52.5 Å². The molecule has 6 heteroatoms. The van der Waals surface area contributed by atoms with Crippen molar-refractivity contribution in [2.24, 2.45) is 5.92 Å². The SMILES string of the molecule is Cc1nn(Cc2ccccc2)c2sc(C(=O)NCCCCN3CCC(C)CC3)cc12. The summed E-state index contributed by atoms with van der Waals surface area (Å²) in [5, 5.41) is 8.86. The fraction of sp³-hybridized carbons (Fsp3) is 0.500. The Bertz CT molecular complexity index is 970. The zero-order chi connectivity index (χ0) is 20.9. The molecular formula is C24H32N4OS.